The Morgan fingerprint density at radius 1 is 1.38 bits per heavy atom. The van der Waals surface area contributed by atoms with Crippen LogP contribution in [0.15, 0.2) is 30.5 Å². The molecule has 0 fully saturated rings. The summed E-state index contributed by atoms with van der Waals surface area (Å²) in [4.78, 5) is 14.8. The molecule has 2 aromatic rings. The van der Waals surface area contributed by atoms with Crippen LogP contribution in [0.25, 0.3) is 10.9 Å². The smallest absolute Gasteiger partial charge is 0.295 e. The lowest BCUT2D eigenvalue weighted by Crippen LogP contribution is -2.30. The highest BCUT2D eigenvalue weighted by molar-refractivity contribution is 5.96. The van der Waals surface area contributed by atoms with Crippen LogP contribution in [0.4, 0.5) is 11.4 Å². The average Bonchev–Trinajstić information content (AvgIpc) is 2.46. The normalized spacial score (nSPS) is 12.6. The summed E-state index contributed by atoms with van der Waals surface area (Å²) in [6.07, 6.45) is 1.59. The number of hydrogen-bond donors (Lipinski definition) is 1. The number of nitro groups is 1. The lowest BCUT2D eigenvalue weighted by atomic mass is 10.0. The van der Waals surface area contributed by atoms with Crippen molar-refractivity contribution in [3.05, 3.63) is 40.6 Å². The lowest BCUT2D eigenvalue weighted by Gasteiger charge is -2.23. The number of anilines is 1. The summed E-state index contributed by atoms with van der Waals surface area (Å²) in [6.45, 7) is 4.77. The molecule has 0 aliphatic rings. The molecule has 0 saturated heterocycles. The van der Waals surface area contributed by atoms with Gasteiger partial charge in [0.25, 0.3) is 5.69 Å². The van der Waals surface area contributed by atoms with Gasteiger partial charge in [0, 0.05) is 30.4 Å². The van der Waals surface area contributed by atoms with Gasteiger partial charge in [0.2, 0.25) is 0 Å². The summed E-state index contributed by atoms with van der Waals surface area (Å²) < 4.78 is 5.23. The molecule has 0 saturated carbocycles. The summed E-state index contributed by atoms with van der Waals surface area (Å²) in [5.41, 5.74) is 1.25. The Kier molecular flexibility index (Phi) is 4.70. The molecule has 1 unspecified atom stereocenters. The van der Waals surface area contributed by atoms with E-state index in [1.54, 1.807) is 19.4 Å². The molecule has 1 N–H and O–H groups in total. The molecule has 1 aromatic heterocycles. The van der Waals surface area contributed by atoms with Gasteiger partial charge in [-0.25, -0.2) is 4.98 Å². The number of ether oxygens (including phenoxy) is 1. The molecular weight excluding hydrogens is 270 g/mol. The minimum Gasteiger partial charge on any atom is -0.383 e. The van der Waals surface area contributed by atoms with Crippen molar-refractivity contribution in [3.63, 3.8) is 0 Å². The Bertz CT molecular complexity index is 643. The lowest BCUT2D eigenvalue weighted by molar-refractivity contribution is -0.383. The SMILES string of the molecule is COCC(Nc1ccnc2c([N+](=O)[O-])cccc12)C(C)C. The van der Waals surface area contributed by atoms with E-state index in [0.29, 0.717) is 18.0 Å². The molecule has 0 bridgehead atoms. The summed E-state index contributed by atoms with van der Waals surface area (Å²) in [5, 5.41) is 15.2. The third kappa shape index (κ3) is 3.28. The largest absolute Gasteiger partial charge is 0.383 e. The van der Waals surface area contributed by atoms with Crippen LogP contribution in [0.3, 0.4) is 0 Å². The van der Waals surface area contributed by atoms with E-state index in [9.17, 15) is 10.1 Å². The van der Waals surface area contributed by atoms with Gasteiger partial charge in [-0.1, -0.05) is 26.0 Å². The minimum absolute atomic E-state index is 0.0176. The molecule has 0 aliphatic carbocycles. The molecule has 6 heteroatoms. The van der Waals surface area contributed by atoms with Crippen LogP contribution in [0.2, 0.25) is 0 Å². The molecule has 1 heterocycles. The summed E-state index contributed by atoms with van der Waals surface area (Å²) >= 11 is 0. The van der Waals surface area contributed by atoms with Crippen LogP contribution in [0.5, 0.6) is 0 Å². The number of fused-ring (bicyclic) bond motifs is 1. The van der Waals surface area contributed by atoms with Crippen LogP contribution in [-0.4, -0.2) is 29.7 Å². The number of nitro benzene ring substituents is 1. The number of rotatable bonds is 6. The van der Waals surface area contributed by atoms with Gasteiger partial charge in [-0.05, 0) is 12.0 Å². The Morgan fingerprint density at radius 2 is 2.14 bits per heavy atom. The second-order valence-electron chi connectivity index (χ2n) is 5.24. The van der Waals surface area contributed by atoms with Gasteiger partial charge < -0.3 is 10.1 Å². The molecular formula is C15H19N3O3. The molecule has 0 spiro atoms. The molecule has 0 radical (unpaired) electrons. The van der Waals surface area contributed by atoms with E-state index in [1.807, 2.05) is 12.1 Å². The Morgan fingerprint density at radius 3 is 2.76 bits per heavy atom. The quantitative estimate of drug-likeness (QED) is 0.652. The van der Waals surface area contributed by atoms with Crippen molar-refractivity contribution in [2.24, 2.45) is 5.92 Å². The van der Waals surface area contributed by atoms with Crippen molar-refractivity contribution < 1.29 is 9.66 Å². The summed E-state index contributed by atoms with van der Waals surface area (Å²) in [5.74, 6) is 0.367. The maximum absolute atomic E-state index is 11.1. The fourth-order valence-electron chi connectivity index (χ4n) is 2.21. The fourth-order valence-corrected chi connectivity index (χ4v) is 2.21. The maximum Gasteiger partial charge on any atom is 0.295 e. The number of nitrogens with zero attached hydrogens (tertiary/aromatic N) is 2. The van der Waals surface area contributed by atoms with Gasteiger partial charge in [-0.2, -0.15) is 0 Å². The van der Waals surface area contributed by atoms with E-state index in [1.165, 1.54) is 6.07 Å². The topological polar surface area (TPSA) is 77.3 Å². The zero-order valence-corrected chi connectivity index (χ0v) is 12.4. The Hall–Kier alpha value is -2.21. The molecule has 6 nitrogen and oxygen atoms in total. The minimum atomic E-state index is -0.409. The predicted molar refractivity (Wildman–Crippen MR) is 82.5 cm³/mol. The van der Waals surface area contributed by atoms with Gasteiger partial charge in [-0.15, -0.1) is 0 Å². The number of benzene rings is 1. The summed E-state index contributed by atoms with van der Waals surface area (Å²) in [7, 11) is 1.66. The molecule has 1 atom stereocenters. The van der Waals surface area contributed by atoms with Gasteiger partial charge in [-0.3, -0.25) is 10.1 Å². The average molecular weight is 289 g/mol. The number of pyridine rings is 1. The highest BCUT2D eigenvalue weighted by Crippen LogP contribution is 2.29. The zero-order chi connectivity index (χ0) is 15.4. The van der Waals surface area contributed by atoms with Crippen LogP contribution in [0.1, 0.15) is 13.8 Å². The van der Waals surface area contributed by atoms with Crippen LogP contribution < -0.4 is 5.32 Å². The standard InChI is InChI=1S/C15H19N3O3/c1-10(2)13(9-21-3)17-12-7-8-16-15-11(12)5-4-6-14(15)18(19)20/h4-8,10,13H,9H2,1-3H3,(H,16,17). The van der Waals surface area contributed by atoms with Gasteiger partial charge in [0.1, 0.15) is 5.52 Å². The fraction of sp³-hybridized carbons (Fsp3) is 0.400. The van der Waals surface area contributed by atoms with Crippen molar-refractivity contribution >= 4 is 22.3 Å². The second kappa shape index (κ2) is 6.49. The van der Waals surface area contributed by atoms with E-state index in [0.717, 1.165) is 11.1 Å². The number of non-ortho nitro benzene ring substituents is 1. The van der Waals surface area contributed by atoms with E-state index in [-0.39, 0.29) is 11.7 Å². The first-order valence-electron chi connectivity index (χ1n) is 6.82. The highest BCUT2D eigenvalue weighted by Gasteiger charge is 2.17. The number of aromatic nitrogens is 1. The Labute approximate surface area is 123 Å². The first-order valence-corrected chi connectivity index (χ1v) is 6.82. The maximum atomic E-state index is 11.1. The van der Waals surface area contributed by atoms with Crippen LogP contribution in [0, 0.1) is 16.0 Å². The summed E-state index contributed by atoms with van der Waals surface area (Å²) in [6, 6.07) is 6.93. The zero-order valence-electron chi connectivity index (χ0n) is 12.4. The monoisotopic (exact) mass is 289 g/mol. The molecule has 0 aliphatic heterocycles. The van der Waals surface area contributed by atoms with Gasteiger partial charge >= 0.3 is 0 Å². The molecule has 1 aromatic carbocycles. The molecule has 112 valence electrons. The molecule has 0 amide bonds. The van der Waals surface area contributed by atoms with Crippen molar-refractivity contribution in [2.45, 2.75) is 19.9 Å². The molecule has 2 rings (SSSR count). The van der Waals surface area contributed by atoms with Gasteiger partial charge in [0.15, 0.2) is 0 Å². The highest BCUT2D eigenvalue weighted by atomic mass is 16.6. The van der Waals surface area contributed by atoms with E-state index in [2.05, 4.69) is 24.1 Å². The third-order valence-corrected chi connectivity index (χ3v) is 3.44. The second-order valence-corrected chi connectivity index (χ2v) is 5.24. The molecule has 21 heavy (non-hydrogen) atoms. The van der Waals surface area contributed by atoms with Crippen molar-refractivity contribution in [1.29, 1.82) is 0 Å². The number of nitrogens with one attached hydrogen (secondary N) is 1. The van der Waals surface area contributed by atoms with Crippen molar-refractivity contribution in [1.82, 2.24) is 4.98 Å². The van der Waals surface area contributed by atoms with Crippen molar-refractivity contribution in [2.75, 3.05) is 19.0 Å². The Balaban J connectivity index is 2.45. The van der Waals surface area contributed by atoms with Crippen LogP contribution >= 0.6 is 0 Å². The van der Waals surface area contributed by atoms with E-state index in [4.69, 9.17) is 4.74 Å². The van der Waals surface area contributed by atoms with E-state index < -0.39 is 4.92 Å². The van der Waals surface area contributed by atoms with E-state index >= 15 is 0 Å². The number of para-hydroxylation sites is 1. The number of hydrogen-bond acceptors (Lipinski definition) is 5. The third-order valence-electron chi connectivity index (χ3n) is 3.44. The first kappa shape index (κ1) is 15.2. The van der Waals surface area contributed by atoms with Crippen molar-refractivity contribution in [3.8, 4) is 0 Å². The number of methoxy groups -OCH3 is 1. The van der Waals surface area contributed by atoms with Crippen LogP contribution in [-0.2, 0) is 4.74 Å². The van der Waals surface area contributed by atoms with Gasteiger partial charge in [0.05, 0.1) is 17.6 Å². The predicted octanol–water partition coefficient (Wildman–Crippen LogP) is 3.23. The first-order chi connectivity index (χ1) is 10.0.